The molecule has 15 heteroatoms. The molecule has 1 aliphatic heterocycles. The molecule has 3 aromatic rings. The van der Waals surface area contributed by atoms with Crippen LogP contribution in [-0.4, -0.2) is 100 Å². The number of hydrogen-bond donors (Lipinski definition) is 4. The van der Waals surface area contributed by atoms with Crippen molar-refractivity contribution in [1.29, 1.82) is 0 Å². The van der Waals surface area contributed by atoms with Crippen LogP contribution in [0.2, 0.25) is 0 Å². The Morgan fingerprint density at radius 2 is 1.42 bits per heavy atom. The van der Waals surface area contributed by atoms with Gasteiger partial charge in [-0.2, -0.15) is 0 Å². The van der Waals surface area contributed by atoms with Gasteiger partial charge in [-0.1, -0.05) is 87.5 Å². The second-order valence-corrected chi connectivity index (χ2v) is 17.4. The number of aliphatic hydroxyl groups is 2. The third-order valence-electron chi connectivity index (χ3n) is 13.6. The lowest BCUT2D eigenvalue weighted by Crippen LogP contribution is -2.82. The summed E-state index contributed by atoms with van der Waals surface area (Å²) in [6.07, 6.45) is -8.35. The number of benzene rings is 3. The van der Waals surface area contributed by atoms with Crippen LogP contribution >= 0.6 is 0 Å². The van der Waals surface area contributed by atoms with E-state index in [1.807, 2.05) is 0 Å². The topological polar surface area (TPSA) is 227 Å². The summed E-state index contributed by atoms with van der Waals surface area (Å²) in [7, 11) is 0. The lowest BCUT2D eigenvalue weighted by atomic mass is 9.44. The smallest absolute Gasteiger partial charge is 0.338 e. The summed E-state index contributed by atoms with van der Waals surface area (Å²) in [6.45, 7) is 8.31. The first kappa shape index (κ1) is 44.3. The molecule has 7 rings (SSSR count). The molecule has 0 spiro atoms. The van der Waals surface area contributed by atoms with Gasteiger partial charge in [0.05, 0.1) is 29.5 Å². The molecule has 3 aliphatic carbocycles. The minimum Gasteiger partial charge on any atom is -0.456 e. The number of carbonyl (C=O) groups excluding carboxylic acids is 6. The van der Waals surface area contributed by atoms with E-state index in [2.05, 4.69) is 5.32 Å². The van der Waals surface area contributed by atoms with E-state index >= 15 is 4.79 Å². The fourth-order valence-electron chi connectivity index (χ4n) is 10.3. The first-order chi connectivity index (χ1) is 29.3. The number of fused-ring (bicyclic) bond motifs is 5. The van der Waals surface area contributed by atoms with Gasteiger partial charge in [0.15, 0.2) is 23.6 Å². The third-order valence-corrected chi connectivity index (χ3v) is 13.6. The van der Waals surface area contributed by atoms with Crippen LogP contribution in [0.5, 0.6) is 0 Å². The maximum Gasteiger partial charge on any atom is 0.338 e. The molecular weight excluding hydrogens is 801 g/mol. The summed E-state index contributed by atoms with van der Waals surface area (Å²) in [5, 5.41) is 28.2. The normalized spacial score (nSPS) is 31.9. The highest BCUT2D eigenvalue weighted by molar-refractivity contribution is 5.96. The lowest BCUT2D eigenvalue weighted by molar-refractivity contribution is -0.335. The Kier molecular flexibility index (Phi) is 11.8. The highest BCUT2D eigenvalue weighted by Crippen LogP contribution is 2.64. The molecule has 3 aromatic carbocycles. The van der Waals surface area contributed by atoms with E-state index in [0.29, 0.717) is 5.56 Å². The highest BCUT2D eigenvalue weighted by Gasteiger charge is 2.78. The number of rotatable bonds is 10. The van der Waals surface area contributed by atoms with Crippen molar-refractivity contribution in [2.45, 2.75) is 108 Å². The second kappa shape index (κ2) is 16.5. The van der Waals surface area contributed by atoms with Gasteiger partial charge in [0.1, 0.15) is 23.9 Å². The average Bonchev–Trinajstić information content (AvgIpc) is 3.24. The molecule has 328 valence electrons. The molecule has 1 amide bonds. The van der Waals surface area contributed by atoms with E-state index in [9.17, 15) is 34.2 Å². The lowest BCUT2D eigenvalue weighted by Gasteiger charge is -2.67. The minimum absolute atomic E-state index is 0.0134. The zero-order valence-electron chi connectivity index (χ0n) is 35.4. The number of ketones is 1. The molecule has 3 fully saturated rings. The quantitative estimate of drug-likeness (QED) is 0.130. The Labute approximate surface area is 358 Å². The van der Waals surface area contributed by atoms with Crippen LogP contribution in [0.3, 0.4) is 0 Å². The predicted octanol–water partition coefficient (Wildman–Crippen LogP) is 3.70. The van der Waals surface area contributed by atoms with Crippen molar-refractivity contribution in [3.63, 3.8) is 0 Å². The summed E-state index contributed by atoms with van der Waals surface area (Å²) in [5.41, 5.74) is 0.459. The first-order valence-corrected chi connectivity index (χ1v) is 20.5. The molecule has 11 atom stereocenters. The minimum atomic E-state index is -2.34. The van der Waals surface area contributed by atoms with Crippen molar-refractivity contribution >= 4 is 35.6 Å². The number of hydrogen-bond acceptors (Lipinski definition) is 14. The fourth-order valence-corrected chi connectivity index (χ4v) is 10.3. The Bertz CT molecular complexity index is 2280. The number of amides is 1. The zero-order valence-corrected chi connectivity index (χ0v) is 35.4. The number of ether oxygens (including phenoxy) is 5. The van der Waals surface area contributed by atoms with Crippen molar-refractivity contribution in [3.05, 3.63) is 119 Å². The number of Topliss-reactive ketones (excluding diaryl/α,β-unsaturated/α-hetero) is 1. The van der Waals surface area contributed by atoms with Crippen molar-refractivity contribution in [2.24, 2.45) is 22.5 Å². The molecule has 0 aromatic heterocycles. The van der Waals surface area contributed by atoms with Crippen molar-refractivity contribution < 1.29 is 62.7 Å². The summed E-state index contributed by atoms with van der Waals surface area (Å²) in [5.74, 6) is -6.44. The van der Waals surface area contributed by atoms with Crippen LogP contribution in [0, 0.1) is 16.7 Å². The molecule has 15 nitrogen and oxygen atoms in total. The van der Waals surface area contributed by atoms with E-state index in [0.717, 1.165) is 6.92 Å². The van der Waals surface area contributed by atoms with Gasteiger partial charge in [-0.3, -0.25) is 19.2 Å². The van der Waals surface area contributed by atoms with E-state index in [4.69, 9.17) is 29.4 Å². The fraction of sp³-hybridized carbons (Fsp3) is 0.447. The molecule has 4 aliphatic rings. The molecule has 5 N–H and O–H groups in total. The molecule has 0 radical (unpaired) electrons. The summed E-state index contributed by atoms with van der Waals surface area (Å²) in [4.78, 5) is 83.7. The standard InChI is InChI=1S/C47H52N2O13/c1-25-31(60-43(56)36(52)35(28-16-10-7-11-17-28)49-41(54)29-18-12-8-13-19-29)23-47(57)40(61-42(55)30-20-14-9-15-21-30)38-45(6,32(48)22-33-46(38,24-58-33)62-27(3)51)39(53)37(59-26(2)50)34(25)44(47,4)5/h7-21,31-33,35-38,40,52,57H,22-24,48H2,1-6H3,(H,49,54)/t31-,32+,33+,35-,36+,37+,38-,40-,45+,46-,47+/m0/s1. The van der Waals surface area contributed by atoms with Crippen LogP contribution in [0.1, 0.15) is 86.7 Å². The number of carbonyl (C=O) groups is 6. The van der Waals surface area contributed by atoms with E-state index in [-0.39, 0.29) is 35.3 Å². The number of nitrogens with two attached hydrogens (primary N) is 1. The van der Waals surface area contributed by atoms with Gasteiger partial charge in [0.2, 0.25) is 0 Å². The largest absolute Gasteiger partial charge is 0.456 e. The SMILES string of the molecule is CC(=O)O[C@H]1C(=O)[C@]2(C)[C@H](N)C[C@H]3OC[C@@]3(OC(C)=O)[C@H]2[C@H](OC(=O)c2ccccc2)[C@]2(O)C[C@H](OC(=O)[C@H](O)[C@@H](NC(=O)c3ccccc3)c3ccccc3)C(C)=C1C2(C)C. The van der Waals surface area contributed by atoms with E-state index < -0.39 is 113 Å². The van der Waals surface area contributed by atoms with Gasteiger partial charge >= 0.3 is 23.9 Å². The number of esters is 4. The van der Waals surface area contributed by atoms with E-state index in [1.54, 1.807) is 99.6 Å². The average molecular weight is 853 g/mol. The predicted molar refractivity (Wildman–Crippen MR) is 220 cm³/mol. The van der Waals surface area contributed by atoms with Crippen LogP contribution in [0.25, 0.3) is 0 Å². The van der Waals surface area contributed by atoms with Crippen LogP contribution < -0.4 is 11.1 Å². The van der Waals surface area contributed by atoms with E-state index in [1.165, 1.54) is 26.0 Å². The van der Waals surface area contributed by atoms with Gasteiger partial charge in [0, 0.05) is 37.3 Å². The number of nitrogens with one attached hydrogen (secondary N) is 1. The molecule has 2 saturated carbocycles. The maximum absolute atomic E-state index is 15.6. The first-order valence-electron chi connectivity index (χ1n) is 20.5. The van der Waals surface area contributed by atoms with Crippen molar-refractivity contribution in [2.75, 3.05) is 6.61 Å². The maximum atomic E-state index is 15.6. The summed E-state index contributed by atoms with van der Waals surface area (Å²) >= 11 is 0. The molecule has 1 saturated heterocycles. The monoisotopic (exact) mass is 852 g/mol. The van der Waals surface area contributed by atoms with Crippen LogP contribution in [0.4, 0.5) is 0 Å². The number of aliphatic hydroxyl groups excluding tert-OH is 1. The Morgan fingerprint density at radius 3 is 1.97 bits per heavy atom. The molecule has 1 heterocycles. The van der Waals surface area contributed by atoms with Gasteiger partial charge in [-0.05, 0) is 54.3 Å². The Morgan fingerprint density at radius 1 is 0.839 bits per heavy atom. The second-order valence-electron chi connectivity index (χ2n) is 17.4. The Balaban J connectivity index is 1.39. The molecular formula is C47H52N2O13. The highest BCUT2D eigenvalue weighted by atomic mass is 16.6. The van der Waals surface area contributed by atoms with Gasteiger partial charge in [0.25, 0.3) is 5.91 Å². The van der Waals surface area contributed by atoms with Crippen molar-refractivity contribution in [3.8, 4) is 0 Å². The van der Waals surface area contributed by atoms with Gasteiger partial charge in [-0.25, -0.2) is 9.59 Å². The zero-order chi connectivity index (χ0) is 44.9. The molecule has 2 bridgehead atoms. The van der Waals surface area contributed by atoms with Crippen LogP contribution in [-0.2, 0) is 42.9 Å². The Hall–Kier alpha value is -5.74. The summed E-state index contributed by atoms with van der Waals surface area (Å²) < 4.78 is 30.5. The molecule has 0 unspecified atom stereocenters. The summed E-state index contributed by atoms with van der Waals surface area (Å²) in [6, 6.07) is 22.1. The van der Waals surface area contributed by atoms with Crippen molar-refractivity contribution in [1.82, 2.24) is 5.32 Å². The molecule has 62 heavy (non-hydrogen) atoms. The van der Waals surface area contributed by atoms with Crippen LogP contribution in [0.15, 0.2) is 102 Å². The van der Waals surface area contributed by atoms with Gasteiger partial charge < -0.3 is 44.9 Å². The third kappa shape index (κ3) is 7.29. The van der Waals surface area contributed by atoms with Gasteiger partial charge in [-0.15, -0.1) is 0 Å².